The fourth-order valence-corrected chi connectivity index (χ4v) is 3.22. The summed E-state index contributed by atoms with van der Waals surface area (Å²) in [6.45, 7) is 1.74. The van der Waals surface area contributed by atoms with E-state index in [2.05, 4.69) is 20.9 Å². The molecule has 2 aromatic rings. The summed E-state index contributed by atoms with van der Waals surface area (Å²) in [5.41, 5.74) is 0.878. The molecular formula is C13H11BrClNOS. The van der Waals surface area contributed by atoms with Crippen LogP contribution in [0.5, 0.6) is 0 Å². The third-order valence-electron chi connectivity index (χ3n) is 2.34. The van der Waals surface area contributed by atoms with Crippen LogP contribution in [0.25, 0.3) is 0 Å². The highest BCUT2D eigenvalue weighted by atomic mass is 79.9. The van der Waals surface area contributed by atoms with Crippen molar-refractivity contribution >= 4 is 39.3 Å². The lowest BCUT2D eigenvalue weighted by atomic mass is 10.1. The van der Waals surface area contributed by atoms with Gasteiger partial charge >= 0.3 is 0 Å². The maximum absolute atomic E-state index is 9.55. The zero-order chi connectivity index (χ0) is 13.1. The first-order chi connectivity index (χ1) is 8.56. The molecule has 1 N–H and O–H groups in total. The predicted molar refractivity (Wildman–Crippen MR) is 78.1 cm³/mol. The van der Waals surface area contributed by atoms with Gasteiger partial charge in [0.2, 0.25) is 0 Å². The molecule has 0 unspecified atom stereocenters. The summed E-state index contributed by atoms with van der Waals surface area (Å²) in [6.07, 6.45) is 1.15. The van der Waals surface area contributed by atoms with Gasteiger partial charge in [-0.25, -0.2) is 4.98 Å². The Morgan fingerprint density at radius 2 is 2.11 bits per heavy atom. The third kappa shape index (κ3) is 3.48. The van der Waals surface area contributed by atoms with Crippen molar-refractivity contribution in [2.45, 2.75) is 22.9 Å². The molecular weight excluding hydrogens is 334 g/mol. The summed E-state index contributed by atoms with van der Waals surface area (Å²) in [7, 11) is 0. The number of hydrogen-bond donors (Lipinski definition) is 1. The van der Waals surface area contributed by atoms with Crippen molar-refractivity contribution in [3.8, 4) is 0 Å². The number of pyridine rings is 1. The number of aliphatic hydroxyl groups excluding tert-OH is 1. The van der Waals surface area contributed by atoms with Crippen molar-refractivity contribution in [1.29, 1.82) is 0 Å². The third-order valence-corrected chi connectivity index (χ3v) is 4.20. The van der Waals surface area contributed by atoms with Gasteiger partial charge in [0, 0.05) is 15.6 Å². The number of nitrogens with zero attached hydrogens (tertiary/aromatic N) is 1. The van der Waals surface area contributed by atoms with Crippen molar-refractivity contribution in [2.75, 3.05) is 0 Å². The van der Waals surface area contributed by atoms with Crippen LogP contribution in [-0.2, 0) is 0 Å². The Morgan fingerprint density at radius 3 is 2.67 bits per heavy atom. The van der Waals surface area contributed by atoms with Gasteiger partial charge in [0.05, 0.1) is 11.1 Å². The number of hydrogen-bond acceptors (Lipinski definition) is 3. The highest BCUT2D eigenvalue weighted by molar-refractivity contribution is 9.10. The molecule has 0 saturated carbocycles. The number of aliphatic hydroxyl groups is 1. The maximum Gasteiger partial charge on any atom is 0.101 e. The quantitative estimate of drug-likeness (QED) is 0.876. The minimum absolute atomic E-state index is 0.480. The van der Waals surface area contributed by atoms with Crippen molar-refractivity contribution < 1.29 is 5.11 Å². The van der Waals surface area contributed by atoms with Gasteiger partial charge in [0.25, 0.3) is 0 Å². The minimum Gasteiger partial charge on any atom is -0.389 e. The molecule has 2 rings (SSSR count). The van der Waals surface area contributed by atoms with Gasteiger partial charge < -0.3 is 5.11 Å². The molecule has 1 aromatic heterocycles. The topological polar surface area (TPSA) is 33.1 Å². The zero-order valence-electron chi connectivity index (χ0n) is 9.60. The van der Waals surface area contributed by atoms with Crippen molar-refractivity contribution in [1.82, 2.24) is 4.98 Å². The first-order valence-corrected chi connectivity index (χ1v) is 7.32. The number of aromatic nitrogens is 1. The molecule has 0 amide bonds. The van der Waals surface area contributed by atoms with E-state index in [9.17, 15) is 5.11 Å². The van der Waals surface area contributed by atoms with E-state index in [-0.39, 0.29) is 0 Å². The first-order valence-electron chi connectivity index (χ1n) is 5.33. The zero-order valence-corrected chi connectivity index (χ0v) is 12.8. The molecule has 0 aliphatic heterocycles. The molecule has 94 valence electrons. The summed E-state index contributed by atoms with van der Waals surface area (Å²) in [6, 6.07) is 9.54. The van der Waals surface area contributed by atoms with E-state index in [1.807, 2.05) is 30.3 Å². The fraction of sp³-hybridized carbons (Fsp3) is 0.154. The lowest BCUT2D eigenvalue weighted by Crippen LogP contribution is -1.92. The lowest BCUT2D eigenvalue weighted by Gasteiger charge is -2.09. The summed E-state index contributed by atoms with van der Waals surface area (Å²) < 4.78 is 0.900. The maximum atomic E-state index is 9.55. The summed E-state index contributed by atoms with van der Waals surface area (Å²) >= 11 is 10.8. The second-order valence-electron chi connectivity index (χ2n) is 3.78. The SMILES string of the molecule is C[C@@H](O)c1ccc(Sc2ccc(Cl)cn2)cc1Br. The molecule has 0 fully saturated rings. The Balaban J connectivity index is 2.20. The Labute approximate surface area is 124 Å². The highest BCUT2D eigenvalue weighted by Crippen LogP contribution is 2.32. The van der Waals surface area contributed by atoms with Gasteiger partial charge in [-0.2, -0.15) is 0 Å². The lowest BCUT2D eigenvalue weighted by molar-refractivity contribution is 0.198. The first kappa shape index (κ1) is 13.9. The molecule has 1 atom stereocenters. The Kier molecular flexibility index (Phi) is 4.67. The molecule has 0 aliphatic rings. The van der Waals surface area contributed by atoms with Crippen LogP contribution in [0.1, 0.15) is 18.6 Å². The summed E-state index contributed by atoms with van der Waals surface area (Å²) in [5.74, 6) is 0. The van der Waals surface area contributed by atoms with Crippen LogP contribution < -0.4 is 0 Å². The molecule has 2 nitrogen and oxygen atoms in total. The molecule has 1 heterocycles. The van der Waals surface area contributed by atoms with Crippen LogP contribution in [0.15, 0.2) is 50.9 Å². The molecule has 0 bridgehead atoms. The van der Waals surface area contributed by atoms with Crippen LogP contribution in [0.3, 0.4) is 0 Å². The van der Waals surface area contributed by atoms with E-state index in [0.29, 0.717) is 5.02 Å². The van der Waals surface area contributed by atoms with Gasteiger partial charge in [-0.15, -0.1) is 0 Å². The number of rotatable bonds is 3. The normalized spacial score (nSPS) is 12.4. The fourth-order valence-electron chi connectivity index (χ4n) is 1.45. The summed E-state index contributed by atoms with van der Waals surface area (Å²) in [4.78, 5) is 5.28. The van der Waals surface area contributed by atoms with Crippen LogP contribution in [0.4, 0.5) is 0 Å². The van der Waals surface area contributed by atoms with Gasteiger partial charge in [-0.1, -0.05) is 45.4 Å². The molecule has 18 heavy (non-hydrogen) atoms. The number of benzene rings is 1. The number of halogens is 2. The highest BCUT2D eigenvalue weighted by Gasteiger charge is 2.07. The second kappa shape index (κ2) is 6.06. The average Bonchev–Trinajstić information content (AvgIpc) is 2.32. The average molecular weight is 345 g/mol. The molecule has 1 aromatic carbocycles. The Bertz CT molecular complexity index is 545. The standard InChI is InChI=1S/C13H11BrClNOS/c1-8(17)11-4-3-10(6-12(11)14)18-13-5-2-9(15)7-16-13/h2-8,17H,1H3/t8-/m1/s1. The van der Waals surface area contributed by atoms with Gasteiger partial charge in [0.1, 0.15) is 5.03 Å². The van der Waals surface area contributed by atoms with Crippen LogP contribution in [0, 0.1) is 0 Å². The smallest absolute Gasteiger partial charge is 0.101 e. The minimum atomic E-state index is -0.480. The monoisotopic (exact) mass is 343 g/mol. The van der Waals surface area contributed by atoms with Crippen LogP contribution >= 0.6 is 39.3 Å². The van der Waals surface area contributed by atoms with Crippen molar-refractivity contribution in [3.05, 3.63) is 51.6 Å². The Hall–Kier alpha value is -0.550. The molecule has 0 saturated heterocycles. The van der Waals surface area contributed by atoms with Gasteiger partial charge in [0.15, 0.2) is 0 Å². The van der Waals surface area contributed by atoms with Crippen LogP contribution in [-0.4, -0.2) is 10.1 Å². The molecule has 0 radical (unpaired) electrons. The van der Waals surface area contributed by atoms with Gasteiger partial charge in [-0.3, -0.25) is 0 Å². The van der Waals surface area contributed by atoms with E-state index >= 15 is 0 Å². The van der Waals surface area contributed by atoms with E-state index in [1.165, 1.54) is 0 Å². The van der Waals surface area contributed by atoms with Crippen molar-refractivity contribution in [3.63, 3.8) is 0 Å². The molecule has 0 spiro atoms. The summed E-state index contributed by atoms with van der Waals surface area (Å²) in [5, 5.41) is 11.1. The van der Waals surface area contributed by atoms with E-state index in [1.54, 1.807) is 24.9 Å². The molecule has 0 aliphatic carbocycles. The molecule has 5 heteroatoms. The van der Waals surface area contributed by atoms with Crippen LogP contribution in [0.2, 0.25) is 5.02 Å². The largest absolute Gasteiger partial charge is 0.389 e. The second-order valence-corrected chi connectivity index (χ2v) is 6.16. The van der Waals surface area contributed by atoms with E-state index < -0.39 is 6.10 Å². The van der Waals surface area contributed by atoms with Gasteiger partial charge in [-0.05, 0) is 36.8 Å². The van der Waals surface area contributed by atoms with E-state index in [0.717, 1.165) is 20.0 Å². The van der Waals surface area contributed by atoms with E-state index in [4.69, 9.17) is 11.6 Å². The Morgan fingerprint density at radius 1 is 1.33 bits per heavy atom. The predicted octanol–water partition coefficient (Wildman–Crippen LogP) is 4.70. The van der Waals surface area contributed by atoms with Crippen molar-refractivity contribution in [2.24, 2.45) is 0 Å².